The van der Waals surface area contributed by atoms with E-state index in [1.165, 1.54) is 0 Å². The summed E-state index contributed by atoms with van der Waals surface area (Å²) in [4.78, 5) is 26.7. The highest BCUT2D eigenvalue weighted by Gasteiger charge is 2.14. The maximum Gasteiger partial charge on any atom is 0.258 e. The van der Waals surface area contributed by atoms with Crippen LogP contribution in [0.15, 0.2) is 77.3 Å². The molecule has 0 fully saturated rings. The Hall–Kier alpha value is -3.12. The van der Waals surface area contributed by atoms with Crippen LogP contribution in [0.4, 0.5) is 11.4 Å². The lowest BCUT2D eigenvalue weighted by Crippen LogP contribution is -2.26. The zero-order chi connectivity index (χ0) is 20.8. The van der Waals surface area contributed by atoms with Crippen LogP contribution in [-0.2, 0) is 0 Å². The number of para-hydroxylation sites is 1. The van der Waals surface area contributed by atoms with Crippen molar-refractivity contribution in [2.24, 2.45) is 0 Å². The van der Waals surface area contributed by atoms with Gasteiger partial charge in [-0.05, 0) is 77.5 Å². The van der Waals surface area contributed by atoms with Crippen LogP contribution in [-0.4, -0.2) is 25.5 Å². The summed E-state index contributed by atoms with van der Waals surface area (Å²) < 4.78 is 6.18. The lowest BCUT2D eigenvalue weighted by Gasteiger charge is -2.17. The third-order valence-electron chi connectivity index (χ3n) is 4.33. The third-order valence-corrected chi connectivity index (χ3v) is 4.95. The van der Waals surface area contributed by atoms with Gasteiger partial charge in [0.25, 0.3) is 11.8 Å². The fraction of sp³-hybridized carbons (Fsp3) is 0.130. The van der Waals surface area contributed by atoms with Crippen molar-refractivity contribution in [3.05, 3.63) is 88.4 Å². The first-order chi connectivity index (χ1) is 14.0. The largest absolute Gasteiger partial charge is 0.493 e. The van der Waals surface area contributed by atoms with Crippen molar-refractivity contribution in [3.8, 4) is 5.75 Å². The number of halogens is 1. The van der Waals surface area contributed by atoms with Gasteiger partial charge >= 0.3 is 0 Å². The number of rotatable bonds is 6. The van der Waals surface area contributed by atoms with Crippen molar-refractivity contribution in [1.29, 1.82) is 0 Å². The summed E-state index contributed by atoms with van der Waals surface area (Å²) in [6, 6.07) is 21.4. The van der Waals surface area contributed by atoms with Gasteiger partial charge in [0, 0.05) is 29.5 Å². The molecular weight excluding hydrogens is 432 g/mol. The van der Waals surface area contributed by atoms with E-state index in [1.54, 1.807) is 54.4 Å². The molecule has 3 aromatic carbocycles. The van der Waals surface area contributed by atoms with E-state index >= 15 is 0 Å². The molecule has 0 aliphatic carbocycles. The normalized spacial score (nSPS) is 10.3. The second-order valence-corrected chi connectivity index (χ2v) is 7.16. The van der Waals surface area contributed by atoms with Gasteiger partial charge in [-0.2, -0.15) is 0 Å². The lowest BCUT2D eigenvalue weighted by molar-refractivity contribution is 0.0991. The molecule has 0 spiro atoms. The smallest absolute Gasteiger partial charge is 0.258 e. The molecule has 0 aliphatic rings. The van der Waals surface area contributed by atoms with Crippen molar-refractivity contribution in [2.75, 3.05) is 23.9 Å². The van der Waals surface area contributed by atoms with Crippen LogP contribution >= 0.6 is 15.9 Å². The Kier molecular flexibility index (Phi) is 6.67. The number of hydrogen-bond donors (Lipinski definition) is 1. The molecular formula is C23H21BrN2O3. The zero-order valence-corrected chi connectivity index (χ0v) is 17.8. The standard InChI is InChI=1S/C23H21BrN2O3/c1-3-29-21-14-11-17(15-20(21)24)22(27)25-18-12-9-16(10-13-18)23(28)26(2)19-7-5-4-6-8-19/h4-15H,3H2,1-2H3,(H,25,27). The van der Waals surface area contributed by atoms with E-state index in [9.17, 15) is 9.59 Å². The van der Waals surface area contributed by atoms with E-state index in [2.05, 4.69) is 21.2 Å². The lowest BCUT2D eigenvalue weighted by atomic mass is 10.1. The summed E-state index contributed by atoms with van der Waals surface area (Å²) in [6.07, 6.45) is 0. The first kappa shape index (κ1) is 20.6. The molecule has 0 bridgehead atoms. The van der Waals surface area contributed by atoms with Gasteiger partial charge in [-0.3, -0.25) is 9.59 Å². The Bertz CT molecular complexity index is 1000. The van der Waals surface area contributed by atoms with Crippen LogP contribution in [0, 0.1) is 0 Å². The van der Waals surface area contributed by atoms with E-state index < -0.39 is 0 Å². The number of nitrogens with zero attached hydrogens (tertiary/aromatic N) is 1. The topological polar surface area (TPSA) is 58.6 Å². The molecule has 0 saturated carbocycles. The molecule has 0 aliphatic heterocycles. The molecule has 6 heteroatoms. The minimum atomic E-state index is -0.241. The number of nitrogens with one attached hydrogen (secondary N) is 1. The average molecular weight is 453 g/mol. The molecule has 0 heterocycles. The predicted octanol–water partition coefficient (Wildman–Crippen LogP) is 5.38. The highest BCUT2D eigenvalue weighted by molar-refractivity contribution is 9.10. The third kappa shape index (κ3) is 5.03. The number of carbonyl (C=O) groups excluding carboxylic acids is 2. The first-order valence-corrected chi connectivity index (χ1v) is 9.95. The van der Waals surface area contributed by atoms with Crippen LogP contribution < -0.4 is 15.0 Å². The predicted molar refractivity (Wildman–Crippen MR) is 119 cm³/mol. The Morgan fingerprint density at radius 2 is 1.62 bits per heavy atom. The molecule has 1 N–H and O–H groups in total. The minimum absolute atomic E-state index is 0.121. The first-order valence-electron chi connectivity index (χ1n) is 9.16. The fourth-order valence-electron chi connectivity index (χ4n) is 2.78. The van der Waals surface area contributed by atoms with Crippen molar-refractivity contribution >= 4 is 39.1 Å². The number of hydrogen-bond acceptors (Lipinski definition) is 3. The Balaban J connectivity index is 1.68. The second kappa shape index (κ2) is 9.39. The highest BCUT2D eigenvalue weighted by atomic mass is 79.9. The van der Waals surface area contributed by atoms with Crippen LogP contribution in [0.1, 0.15) is 27.6 Å². The maximum absolute atomic E-state index is 12.6. The Labute approximate surface area is 178 Å². The van der Waals surface area contributed by atoms with E-state index in [4.69, 9.17) is 4.74 Å². The van der Waals surface area contributed by atoms with E-state index in [0.717, 1.165) is 10.2 Å². The molecule has 0 unspecified atom stereocenters. The number of carbonyl (C=O) groups is 2. The molecule has 3 aromatic rings. The second-order valence-electron chi connectivity index (χ2n) is 6.31. The van der Waals surface area contributed by atoms with Gasteiger partial charge in [-0.1, -0.05) is 18.2 Å². The molecule has 29 heavy (non-hydrogen) atoms. The van der Waals surface area contributed by atoms with Gasteiger partial charge < -0.3 is 15.0 Å². The molecule has 0 saturated heterocycles. The number of ether oxygens (including phenoxy) is 1. The Morgan fingerprint density at radius 3 is 2.24 bits per heavy atom. The molecule has 0 radical (unpaired) electrons. The quantitative estimate of drug-likeness (QED) is 0.546. The molecule has 0 atom stereocenters. The van der Waals surface area contributed by atoms with Gasteiger partial charge in [0.15, 0.2) is 0 Å². The van der Waals surface area contributed by atoms with E-state index in [0.29, 0.717) is 29.2 Å². The SMILES string of the molecule is CCOc1ccc(C(=O)Nc2ccc(C(=O)N(C)c3ccccc3)cc2)cc1Br. The minimum Gasteiger partial charge on any atom is -0.493 e. The van der Waals surface area contributed by atoms with Crippen LogP contribution in [0.3, 0.4) is 0 Å². The summed E-state index contributed by atoms with van der Waals surface area (Å²) in [5.41, 5.74) is 2.47. The summed E-state index contributed by atoms with van der Waals surface area (Å²) in [6.45, 7) is 2.45. The van der Waals surface area contributed by atoms with Gasteiger partial charge in [0.1, 0.15) is 5.75 Å². The van der Waals surface area contributed by atoms with Crippen molar-refractivity contribution in [3.63, 3.8) is 0 Å². The van der Waals surface area contributed by atoms with Crippen LogP contribution in [0.25, 0.3) is 0 Å². The van der Waals surface area contributed by atoms with Crippen molar-refractivity contribution < 1.29 is 14.3 Å². The van der Waals surface area contributed by atoms with Crippen LogP contribution in [0.2, 0.25) is 0 Å². The van der Waals surface area contributed by atoms with Gasteiger partial charge in [-0.15, -0.1) is 0 Å². The number of amides is 2. The summed E-state index contributed by atoms with van der Waals surface area (Å²) in [5, 5.41) is 2.84. The summed E-state index contributed by atoms with van der Waals surface area (Å²) in [7, 11) is 1.73. The molecule has 0 aromatic heterocycles. The van der Waals surface area contributed by atoms with Crippen molar-refractivity contribution in [2.45, 2.75) is 6.92 Å². The van der Waals surface area contributed by atoms with E-state index in [1.807, 2.05) is 37.3 Å². The molecule has 3 rings (SSSR count). The van der Waals surface area contributed by atoms with Gasteiger partial charge in [0.2, 0.25) is 0 Å². The zero-order valence-electron chi connectivity index (χ0n) is 16.2. The van der Waals surface area contributed by atoms with Gasteiger partial charge in [-0.25, -0.2) is 0 Å². The highest BCUT2D eigenvalue weighted by Crippen LogP contribution is 2.26. The fourth-order valence-corrected chi connectivity index (χ4v) is 3.27. The monoisotopic (exact) mass is 452 g/mol. The van der Waals surface area contributed by atoms with Crippen LogP contribution in [0.5, 0.6) is 5.75 Å². The molecule has 148 valence electrons. The van der Waals surface area contributed by atoms with Gasteiger partial charge in [0.05, 0.1) is 11.1 Å². The Morgan fingerprint density at radius 1 is 0.966 bits per heavy atom. The molecule has 5 nitrogen and oxygen atoms in total. The summed E-state index contributed by atoms with van der Waals surface area (Å²) in [5.74, 6) is 0.327. The average Bonchev–Trinajstić information content (AvgIpc) is 2.75. The summed E-state index contributed by atoms with van der Waals surface area (Å²) >= 11 is 3.41. The number of benzene rings is 3. The molecule has 2 amide bonds. The van der Waals surface area contributed by atoms with E-state index in [-0.39, 0.29) is 11.8 Å². The number of anilines is 2. The van der Waals surface area contributed by atoms with Crippen molar-refractivity contribution in [1.82, 2.24) is 0 Å². The maximum atomic E-state index is 12.6.